The highest BCUT2D eigenvalue weighted by Gasteiger charge is 2.22. The zero-order valence-electron chi connectivity index (χ0n) is 9.44. The summed E-state index contributed by atoms with van der Waals surface area (Å²) in [6.45, 7) is 3.18. The van der Waals surface area contributed by atoms with Crippen LogP contribution in [0.4, 0.5) is 0 Å². The molecule has 1 unspecified atom stereocenters. The third-order valence-electron chi connectivity index (χ3n) is 2.53. The Bertz CT molecular complexity index is 465. The maximum Gasteiger partial charge on any atom is 0.1000 e. The average molecular weight is 332 g/mol. The largest absolute Gasteiger partial charge is 0.384 e. The Morgan fingerprint density at radius 2 is 2.29 bits per heavy atom. The van der Waals surface area contributed by atoms with E-state index in [1.54, 1.807) is 22.7 Å². The Kier molecular flexibility index (Phi) is 4.38. The molecule has 0 saturated heterocycles. The Morgan fingerprint density at radius 1 is 1.47 bits per heavy atom. The lowest BCUT2D eigenvalue weighted by atomic mass is 9.99. The van der Waals surface area contributed by atoms with Crippen molar-refractivity contribution >= 4 is 38.6 Å². The third kappa shape index (κ3) is 3.63. The molecule has 17 heavy (non-hydrogen) atoms. The molecule has 0 aromatic carbocycles. The van der Waals surface area contributed by atoms with E-state index in [2.05, 4.69) is 32.7 Å². The van der Waals surface area contributed by atoms with E-state index in [1.807, 2.05) is 23.8 Å². The highest BCUT2D eigenvalue weighted by Crippen LogP contribution is 2.23. The summed E-state index contributed by atoms with van der Waals surface area (Å²) in [6, 6.07) is 4.06. The summed E-state index contributed by atoms with van der Waals surface area (Å²) < 4.78 is 1.11. The molecule has 0 saturated carbocycles. The first-order chi connectivity index (χ1) is 8.08. The van der Waals surface area contributed by atoms with Gasteiger partial charge in [0, 0.05) is 27.8 Å². The summed E-state index contributed by atoms with van der Waals surface area (Å²) in [7, 11) is 0. The first kappa shape index (κ1) is 13.2. The van der Waals surface area contributed by atoms with Crippen LogP contribution in [-0.4, -0.2) is 11.7 Å². The van der Waals surface area contributed by atoms with Gasteiger partial charge in [-0.3, -0.25) is 0 Å². The van der Waals surface area contributed by atoms with Gasteiger partial charge in [-0.25, -0.2) is 0 Å². The van der Waals surface area contributed by atoms with Gasteiger partial charge in [-0.15, -0.1) is 11.3 Å². The van der Waals surface area contributed by atoms with Crippen LogP contribution in [0.3, 0.4) is 0 Å². The molecule has 2 nitrogen and oxygen atoms in total. The second-order valence-electron chi connectivity index (χ2n) is 4.12. The number of aliphatic hydroxyl groups is 1. The summed E-state index contributed by atoms with van der Waals surface area (Å²) in [5.41, 5.74) is 0.177. The molecule has 1 atom stereocenters. The van der Waals surface area contributed by atoms with Crippen LogP contribution in [0, 0.1) is 0 Å². The average Bonchev–Trinajstić information content (AvgIpc) is 2.89. The summed E-state index contributed by atoms with van der Waals surface area (Å²) in [4.78, 5) is 1.26. The van der Waals surface area contributed by atoms with Crippen LogP contribution >= 0.6 is 38.6 Å². The Morgan fingerprint density at radius 3 is 2.88 bits per heavy atom. The van der Waals surface area contributed by atoms with Crippen LogP contribution < -0.4 is 5.32 Å². The number of thiophene rings is 2. The number of rotatable bonds is 5. The van der Waals surface area contributed by atoms with Crippen LogP contribution in [0.5, 0.6) is 0 Å². The lowest BCUT2D eigenvalue weighted by Crippen LogP contribution is -2.34. The highest BCUT2D eigenvalue weighted by atomic mass is 79.9. The topological polar surface area (TPSA) is 32.3 Å². The number of nitrogens with one attached hydrogen (secondary N) is 1. The predicted octanol–water partition coefficient (Wildman–Crippen LogP) is 3.57. The van der Waals surface area contributed by atoms with Gasteiger partial charge in [0.15, 0.2) is 0 Å². The van der Waals surface area contributed by atoms with Crippen molar-refractivity contribution in [2.75, 3.05) is 6.54 Å². The van der Waals surface area contributed by atoms with Gasteiger partial charge in [-0.05, 0) is 51.3 Å². The number of hydrogen-bond acceptors (Lipinski definition) is 4. The second-order valence-corrected chi connectivity index (χ2v) is 6.81. The summed E-state index contributed by atoms with van der Waals surface area (Å²) >= 11 is 6.75. The third-order valence-corrected chi connectivity index (χ3v) is 4.91. The van der Waals surface area contributed by atoms with Crippen molar-refractivity contribution in [2.24, 2.45) is 0 Å². The van der Waals surface area contributed by atoms with Crippen LogP contribution in [0.1, 0.15) is 17.4 Å². The van der Waals surface area contributed by atoms with Gasteiger partial charge < -0.3 is 10.4 Å². The van der Waals surface area contributed by atoms with Crippen molar-refractivity contribution in [2.45, 2.75) is 19.1 Å². The molecule has 92 valence electrons. The quantitative estimate of drug-likeness (QED) is 0.877. The first-order valence-electron chi connectivity index (χ1n) is 5.26. The highest BCUT2D eigenvalue weighted by molar-refractivity contribution is 9.10. The molecule has 0 aliphatic rings. The van der Waals surface area contributed by atoms with Crippen molar-refractivity contribution in [1.82, 2.24) is 5.32 Å². The van der Waals surface area contributed by atoms with E-state index < -0.39 is 5.60 Å². The molecule has 0 bridgehead atoms. The second kappa shape index (κ2) is 5.63. The molecular formula is C12H14BrNOS2. The van der Waals surface area contributed by atoms with E-state index in [1.165, 1.54) is 4.88 Å². The van der Waals surface area contributed by atoms with E-state index >= 15 is 0 Å². The molecule has 0 fully saturated rings. The van der Waals surface area contributed by atoms with E-state index in [0.717, 1.165) is 16.6 Å². The maximum absolute atomic E-state index is 10.3. The van der Waals surface area contributed by atoms with Crippen LogP contribution in [0.15, 0.2) is 32.7 Å². The number of hydrogen-bond donors (Lipinski definition) is 2. The van der Waals surface area contributed by atoms with Gasteiger partial charge in [-0.2, -0.15) is 11.3 Å². The van der Waals surface area contributed by atoms with Gasteiger partial charge in [0.1, 0.15) is 0 Å². The lowest BCUT2D eigenvalue weighted by molar-refractivity contribution is 0.0572. The smallest absolute Gasteiger partial charge is 0.1000 e. The molecule has 0 amide bonds. The molecule has 2 aromatic rings. The first-order valence-corrected chi connectivity index (χ1v) is 7.88. The van der Waals surface area contributed by atoms with Gasteiger partial charge in [0.25, 0.3) is 0 Å². The SMILES string of the molecule is CC(O)(CNCc1cc(Br)cs1)c1ccsc1. The molecule has 2 aromatic heterocycles. The molecule has 5 heteroatoms. The molecular weight excluding hydrogens is 318 g/mol. The fraction of sp³-hybridized carbons (Fsp3) is 0.333. The molecule has 0 radical (unpaired) electrons. The van der Waals surface area contributed by atoms with Gasteiger partial charge in [-0.1, -0.05) is 0 Å². The Hall–Kier alpha value is -0.200. The van der Waals surface area contributed by atoms with Crippen molar-refractivity contribution in [1.29, 1.82) is 0 Å². The molecule has 2 heterocycles. The van der Waals surface area contributed by atoms with Crippen LogP contribution in [0.2, 0.25) is 0 Å². The number of halogens is 1. The van der Waals surface area contributed by atoms with Gasteiger partial charge in [0.05, 0.1) is 5.60 Å². The fourth-order valence-corrected chi connectivity index (χ4v) is 3.75. The lowest BCUT2D eigenvalue weighted by Gasteiger charge is -2.22. The van der Waals surface area contributed by atoms with E-state index in [-0.39, 0.29) is 0 Å². The monoisotopic (exact) mass is 331 g/mol. The zero-order valence-corrected chi connectivity index (χ0v) is 12.7. The normalized spacial score (nSPS) is 14.8. The fourth-order valence-electron chi connectivity index (χ4n) is 1.55. The van der Waals surface area contributed by atoms with Crippen LogP contribution in [0.25, 0.3) is 0 Å². The van der Waals surface area contributed by atoms with E-state index in [9.17, 15) is 5.11 Å². The Labute approximate surface area is 117 Å². The zero-order chi connectivity index (χ0) is 12.3. The summed E-state index contributed by atoms with van der Waals surface area (Å²) in [5.74, 6) is 0. The van der Waals surface area contributed by atoms with Crippen molar-refractivity contribution in [3.05, 3.63) is 43.2 Å². The van der Waals surface area contributed by atoms with Gasteiger partial charge in [0.2, 0.25) is 0 Å². The summed E-state index contributed by atoms with van der Waals surface area (Å²) in [6.07, 6.45) is 0. The molecule has 2 N–H and O–H groups in total. The van der Waals surface area contributed by atoms with Gasteiger partial charge >= 0.3 is 0 Å². The van der Waals surface area contributed by atoms with Crippen molar-refractivity contribution in [3.8, 4) is 0 Å². The molecule has 0 aliphatic heterocycles. The standard InChI is InChI=1S/C12H14BrNOS2/c1-12(15,9-2-3-16-6-9)8-14-5-11-4-10(13)7-17-11/h2-4,6-7,14-15H,5,8H2,1H3. The predicted molar refractivity (Wildman–Crippen MR) is 77.6 cm³/mol. The van der Waals surface area contributed by atoms with Crippen molar-refractivity contribution < 1.29 is 5.11 Å². The maximum atomic E-state index is 10.3. The summed E-state index contributed by atoms with van der Waals surface area (Å²) in [5, 5.41) is 19.6. The van der Waals surface area contributed by atoms with E-state index in [4.69, 9.17) is 0 Å². The Balaban J connectivity index is 1.86. The minimum Gasteiger partial charge on any atom is -0.384 e. The molecule has 0 aliphatic carbocycles. The molecule has 2 rings (SSSR count). The minimum absolute atomic E-state index is 0.555. The molecule has 0 spiro atoms. The van der Waals surface area contributed by atoms with Crippen molar-refractivity contribution in [3.63, 3.8) is 0 Å². The minimum atomic E-state index is -0.797. The van der Waals surface area contributed by atoms with E-state index in [0.29, 0.717) is 6.54 Å². The van der Waals surface area contributed by atoms with Crippen LogP contribution in [-0.2, 0) is 12.1 Å².